The molecule has 0 bridgehead atoms. The van der Waals surface area contributed by atoms with E-state index in [2.05, 4.69) is 4.98 Å². The maximum Gasteiger partial charge on any atom is 0.140 e. The summed E-state index contributed by atoms with van der Waals surface area (Å²) in [4.78, 5) is 4.15. The quantitative estimate of drug-likeness (QED) is 0.859. The summed E-state index contributed by atoms with van der Waals surface area (Å²) in [6.45, 7) is 1.00. The zero-order valence-corrected chi connectivity index (χ0v) is 9.04. The highest BCUT2D eigenvalue weighted by Gasteiger charge is 2.02. The highest BCUT2D eigenvalue weighted by Crippen LogP contribution is 2.18. The van der Waals surface area contributed by atoms with Crippen LogP contribution in [0.25, 0.3) is 0 Å². The first kappa shape index (κ1) is 10.1. The van der Waals surface area contributed by atoms with Crippen LogP contribution in [0, 0.1) is 0 Å². The molecule has 3 nitrogen and oxygen atoms in total. The van der Waals surface area contributed by atoms with Crippen LogP contribution in [0.15, 0.2) is 35.8 Å². The fourth-order valence-electron chi connectivity index (χ4n) is 1.28. The smallest absolute Gasteiger partial charge is 0.140 e. The van der Waals surface area contributed by atoms with Crippen molar-refractivity contribution in [3.8, 4) is 5.75 Å². The molecule has 2 rings (SSSR count). The Hall–Kier alpha value is -1.39. The van der Waals surface area contributed by atoms with E-state index in [0.29, 0.717) is 13.2 Å². The predicted molar refractivity (Wildman–Crippen MR) is 60.8 cm³/mol. The molecular weight excluding hydrogens is 208 g/mol. The highest BCUT2D eigenvalue weighted by atomic mass is 32.1. The van der Waals surface area contributed by atoms with E-state index in [1.54, 1.807) is 17.5 Å². The van der Waals surface area contributed by atoms with Crippen LogP contribution in [0.5, 0.6) is 5.75 Å². The van der Waals surface area contributed by atoms with E-state index in [9.17, 15) is 0 Å². The number of hydrogen-bond acceptors (Lipinski definition) is 4. The maximum atomic E-state index is 5.64. The van der Waals surface area contributed by atoms with E-state index in [-0.39, 0.29) is 0 Å². The Morgan fingerprint density at radius 2 is 2.20 bits per heavy atom. The molecule has 0 spiro atoms. The first-order valence-corrected chi connectivity index (χ1v) is 5.57. The number of hydrogen-bond donors (Lipinski definition) is 1. The third-order valence-corrected chi connectivity index (χ3v) is 2.78. The molecule has 1 aromatic carbocycles. The average molecular weight is 220 g/mol. The lowest BCUT2D eigenvalue weighted by Crippen LogP contribution is -2.02. The number of rotatable bonds is 4. The molecule has 78 valence electrons. The van der Waals surface area contributed by atoms with E-state index in [0.717, 1.165) is 16.3 Å². The standard InChI is InChI=1S/C11H12N2OS/c12-7-9-3-1-2-4-10(9)14-8-11-13-5-6-15-11/h1-6H,7-8,12H2. The number of thiazole rings is 1. The van der Waals surface area contributed by atoms with Crippen LogP contribution in [0.1, 0.15) is 10.6 Å². The van der Waals surface area contributed by atoms with Crippen molar-refractivity contribution >= 4 is 11.3 Å². The van der Waals surface area contributed by atoms with Gasteiger partial charge in [-0.15, -0.1) is 11.3 Å². The van der Waals surface area contributed by atoms with Gasteiger partial charge in [-0.25, -0.2) is 4.98 Å². The Labute approximate surface area is 92.5 Å². The second-order valence-corrected chi connectivity index (χ2v) is 4.01. The zero-order chi connectivity index (χ0) is 10.5. The van der Waals surface area contributed by atoms with Crippen LogP contribution < -0.4 is 10.5 Å². The first-order chi connectivity index (χ1) is 7.40. The lowest BCUT2D eigenvalue weighted by Gasteiger charge is -2.08. The van der Waals surface area contributed by atoms with Crippen molar-refractivity contribution in [1.82, 2.24) is 4.98 Å². The highest BCUT2D eigenvalue weighted by molar-refractivity contribution is 7.09. The predicted octanol–water partition coefficient (Wildman–Crippen LogP) is 2.18. The maximum absolute atomic E-state index is 5.64. The number of para-hydroxylation sites is 1. The van der Waals surface area contributed by atoms with Gasteiger partial charge in [0.1, 0.15) is 17.4 Å². The topological polar surface area (TPSA) is 48.1 Å². The Morgan fingerprint density at radius 1 is 1.33 bits per heavy atom. The zero-order valence-electron chi connectivity index (χ0n) is 8.22. The van der Waals surface area contributed by atoms with Gasteiger partial charge in [0.25, 0.3) is 0 Å². The van der Waals surface area contributed by atoms with Gasteiger partial charge in [-0.05, 0) is 6.07 Å². The van der Waals surface area contributed by atoms with E-state index in [1.807, 2.05) is 29.6 Å². The Balaban J connectivity index is 2.04. The number of nitrogens with zero attached hydrogens (tertiary/aromatic N) is 1. The number of ether oxygens (including phenoxy) is 1. The monoisotopic (exact) mass is 220 g/mol. The molecule has 1 aromatic heterocycles. The van der Waals surface area contributed by atoms with Crippen molar-refractivity contribution in [1.29, 1.82) is 0 Å². The minimum absolute atomic E-state index is 0.494. The molecule has 2 N–H and O–H groups in total. The van der Waals surface area contributed by atoms with E-state index in [4.69, 9.17) is 10.5 Å². The normalized spacial score (nSPS) is 10.2. The lowest BCUT2D eigenvalue weighted by molar-refractivity contribution is 0.302. The molecule has 0 aliphatic rings. The van der Waals surface area contributed by atoms with Crippen molar-refractivity contribution < 1.29 is 4.74 Å². The Kier molecular flexibility index (Phi) is 3.32. The summed E-state index contributed by atoms with van der Waals surface area (Å²) in [7, 11) is 0. The van der Waals surface area contributed by atoms with Crippen molar-refractivity contribution in [3.05, 3.63) is 46.4 Å². The molecule has 0 atom stereocenters. The second-order valence-electron chi connectivity index (χ2n) is 3.03. The molecule has 0 aliphatic heterocycles. The van der Waals surface area contributed by atoms with Crippen molar-refractivity contribution in [2.75, 3.05) is 0 Å². The molecule has 0 saturated heterocycles. The largest absolute Gasteiger partial charge is 0.486 e. The summed E-state index contributed by atoms with van der Waals surface area (Å²) in [6, 6.07) is 7.79. The molecular formula is C11H12N2OS. The van der Waals surface area contributed by atoms with Gasteiger partial charge in [-0.2, -0.15) is 0 Å². The van der Waals surface area contributed by atoms with Gasteiger partial charge in [0.05, 0.1) is 0 Å². The summed E-state index contributed by atoms with van der Waals surface area (Å²) in [5.41, 5.74) is 6.63. The Bertz CT molecular complexity index is 414. The fraction of sp³-hybridized carbons (Fsp3) is 0.182. The summed E-state index contributed by atoms with van der Waals surface area (Å²) in [6.07, 6.45) is 1.78. The number of aromatic nitrogens is 1. The van der Waals surface area contributed by atoms with Crippen LogP contribution in [0.4, 0.5) is 0 Å². The van der Waals surface area contributed by atoms with Crippen LogP contribution in [0.3, 0.4) is 0 Å². The summed E-state index contributed by atoms with van der Waals surface area (Å²) in [5.74, 6) is 0.843. The minimum atomic E-state index is 0.494. The van der Waals surface area contributed by atoms with Gasteiger partial charge in [0, 0.05) is 23.7 Å². The second kappa shape index (κ2) is 4.91. The molecule has 0 amide bonds. The van der Waals surface area contributed by atoms with Gasteiger partial charge in [0.2, 0.25) is 0 Å². The van der Waals surface area contributed by atoms with Crippen LogP contribution in [-0.4, -0.2) is 4.98 Å². The van der Waals surface area contributed by atoms with E-state index >= 15 is 0 Å². The molecule has 0 unspecified atom stereocenters. The summed E-state index contributed by atoms with van der Waals surface area (Å²) >= 11 is 1.59. The van der Waals surface area contributed by atoms with Gasteiger partial charge in [-0.1, -0.05) is 18.2 Å². The van der Waals surface area contributed by atoms with Gasteiger partial charge in [0.15, 0.2) is 0 Å². The number of nitrogens with two attached hydrogens (primary N) is 1. The average Bonchev–Trinajstić information content (AvgIpc) is 2.79. The van der Waals surface area contributed by atoms with Crippen LogP contribution >= 0.6 is 11.3 Å². The SMILES string of the molecule is NCc1ccccc1OCc1nccs1. The Morgan fingerprint density at radius 3 is 2.93 bits per heavy atom. The summed E-state index contributed by atoms with van der Waals surface area (Å²) in [5, 5.41) is 2.91. The van der Waals surface area contributed by atoms with E-state index < -0.39 is 0 Å². The lowest BCUT2D eigenvalue weighted by atomic mass is 10.2. The fourth-order valence-corrected chi connectivity index (χ4v) is 1.80. The molecule has 0 saturated carbocycles. The third-order valence-electron chi connectivity index (χ3n) is 2.03. The molecule has 4 heteroatoms. The van der Waals surface area contributed by atoms with Crippen molar-refractivity contribution in [2.24, 2.45) is 5.73 Å². The number of benzene rings is 1. The first-order valence-electron chi connectivity index (χ1n) is 4.69. The molecule has 1 heterocycles. The molecule has 15 heavy (non-hydrogen) atoms. The molecule has 0 fully saturated rings. The van der Waals surface area contributed by atoms with Gasteiger partial charge < -0.3 is 10.5 Å². The van der Waals surface area contributed by atoms with Crippen molar-refractivity contribution in [3.63, 3.8) is 0 Å². The van der Waals surface area contributed by atoms with Crippen LogP contribution in [-0.2, 0) is 13.2 Å². The third kappa shape index (κ3) is 2.55. The molecule has 0 aliphatic carbocycles. The van der Waals surface area contributed by atoms with Crippen LogP contribution in [0.2, 0.25) is 0 Å². The van der Waals surface area contributed by atoms with E-state index in [1.165, 1.54) is 0 Å². The summed E-state index contributed by atoms with van der Waals surface area (Å²) < 4.78 is 5.64. The van der Waals surface area contributed by atoms with Crippen molar-refractivity contribution in [2.45, 2.75) is 13.2 Å². The molecule has 0 radical (unpaired) electrons. The van der Waals surface area contributed by atoms with Gasteiger partial charge in [-0.3, -0.25) is 0 Å². The minimum Gasteiger partial charge on any atom is -0.486 e. The molecule has 2 aromatic rings. The van der Waals surface area contributed by atoms with Gasteiger partial charge >= 0.3 is 0 Å².